The first-order valence-electron chi connectivity index (χ1n) is 13.7. The molecule has 2 aromatic heterocycles. The van der Waals surface area contributed by atoms with Crippen molar-refractivity contribution in [2.24, 2.45) is 0 Å². The van der Waals surface area contributed by atoms with Crippen LogP contribution in [0.3, 0.4) is 0 Å². The first-order chi connectivity index (χ1) is 20.5. The fraction of sp³-hybridized carbons (Fsp3) is 0.212. The second kappa shape index (κ2) is 13.1. The van der Waals surface area contributed by atoms with Gasteiger partial charge in [-0.15, -0.1) is 11.3 Å². The highest BCUT2D eigenvalue weighted by Crippen LogP contribution is 2.31. The Bertz CT molecular complexity index is 1750. The molecule has 0 atom stereocenters. The minimum Gasteiger partial charge on any atom is -0.497 e. The first-order valence-corrected chi connectivity index (χ1v) is 14.6. The van der Waals surface area contributed by atoms with Crippen molar-refractivity contribution in [1.29, 1.82) is 5.26 Å². The van der Waals surface area contributed by atoms with Crippen molar-refractivity contribution >= 4 is 38.9 Å². The molecule has 0 aliphatic carbocycles. The van der Waals surface area contributed by atoms with Gasteiger partial charge in [0.1, 0.15) is 5.75 Å². The lowest BCUT2D eigenvalue weighted by molar-refractivity contribution is 0.0955. The summed E-state index contributed by atoms with van der Waals surface area (Å²) in [6.45, 7) is 3.55. The van der Waals surface area contributed by atoms with Gasteiger partial charge in [0.2, 0.25) is 0 Å². The molecule has 0 aliphatic rings. The molecule has 2 heterocycles. The standard InChI is InChI=1S/C33H31N5O3S/c1-3-4-14-36-32(39)31-17-26-15-27(12-13-30(26)42-31)38(33(40)25-6-5-7-29(16-25)41-2)21-28-19-35-22-37(28)20-24-10-8-23(18-34)9-11-24/h5-13,15-17,19,22H,3-4,14,20-21H2,1-2H3,(H,36,39). The molecule has 8 nitrogen and oxygen atoms in total. The maximum absolute atomic E-state index is 14.0. The number of benzene rings is 3. The maximum Gasteiger partial charge on any atom is 0.261 e. The lowest BCUT2D eigenvalue weighted by Gasteiger charge is -2.24. The third kappa shape index (κ3) is 6.51. The Balaban J connectivity index is 1.47. The van der Waals surface area contributed by atoms with Gasteiger partial charge in [0.05, 0.1) is 42.2 Å². The molecule has 9 heteroatoms. The Morgan fingerprint density at radius 2 is 1.93 bits per heavy atom. The highest BCUT2D eigenvalue weighted by Gasteiger charge is 2.22. The second-order valence-electron chi connectivity index (χ2n) is 9.89. The zero-order valence-corrected chi connectivity index (χ0v) is 24.4. The summed E-state index contributed by atoms with van der Waals surface area (Å²) >= 11 is 1.44. The van der Waals surface area contributed by atoms with E-state index < -0.39 is 0 Å². The summed E-state index contributed by atoms with van der Waals surface area (Å²) in [5.74, 6) is 0.327. The Hall–Kier alpha value is -4.94. The van der Waals surface area contributed by atoms with Crippen LogP contribution in [0, 0.1) is 11.3 Å². The topological polar surface area (TPSA) is 100 Å². The predicted octanol–water partition coefficient (Wildman–Crippen LogP) is 6.40. The van der Waals surface area contributed by atoms with E-state index in [1.807, 2.05) is 41.0 Å². The Morgan fingerprint density at radius 3 is 2.69 bits per heavy atom. The SMILES string of the molecule is CCCCNC(=O)c1cc2cc(N(Cc3cncn3Cc3ccc(C#N)cc3)C(=O)c3cccc(OC)c3)ccc2s1. The fourth-order valence-electron chi connectivity index (χ4n) is 4.63. The van der Waals surface area contributed by atoms with Crippen LogP contribution in [-0.4, -0.2) is 35.0 Å². The lowest BCUT2D eigenvalue weighted by atomic mass is 10.1. The maximum atomic E-state index is 14.0. The van der Waals surface area contributed by atoms with Crippen molar-refractivity contribution in [3.8, 4) is 11.8 Å². The molecule has 1 N–H and O–H groups in total. The van der Waals surface area contributed by atoms with E-state index in [9.17, 15) is 9.59 Å². The number of unbranched alkanes of at least 4 members (excludes halogenated alkanes) is 1. The molecular formula is C33H31N5O3S. The van der Waals surface area contributed by atoms with E-state index >= 15 is 0 Å². The normalized spacial score (nSPS) is 10.8. The summed E-state index contributed by atoms with van der Waals surface area (Å²) < 4.78 is 8.34. The monoisotopic (exact) mass is 577 g/mol. The highest BCUT2D eigenvalue weighted by atomic mass is 32.1. The number of nitrogens with zero attached hydrogens (tertiary/aromatic N) is 4. The average molecular weight is 578 g/mol. The molecule has 0 radical (unpaired) electrons. The van der Waals surface area contributed by atoms with Crippen molar-refractivity contribution in [1.82, 2.24) is 14.9 Å². The van der Waals surface area contributed by atoms with Crippen LogP contribution >= 0.6 is 11.3 Å². The van der Waals surface area contributed by atoms with Gasteiger partial charge in [-0.3, -0.25) is 9.59 Å². The van der Waals surface area contributed by atoms with Gasteiger partial charge in [0.25, 0.3) is 11.8 Å². The Kier molecular flexibility index (Phi) is 8.95. The molecule has 42 heavy (non-hydrogen) atoms. The van der Waals surface area contributed by atoms with E-state index in [4.69, 9.17) is 10.00 Å². The molecule has 0 fully saturated rings. The number of nitrogens with one attached hydrogen (secondary N) is 1. The number of ether oxygens (including phenoxy) is 1. The number of hydrogen-bond donors (Lipinski definition) is 1. The summed E-state index contributed by atoms with van der Waals surface area (Å²) in [5.41, 5.74) is 3.66. The van der Waals surface area contributed by atoms with Gasteiger partial charge < -0.3 is 19.5 Å². The third-order valence-electron chi connectivity index (χ3n) is 6.97. The molecule has 5 aromatic rings. The molecule has 3 aromatic carbocycles. The fourth-order valence-corrected chi connectivity index (χ4v) is 5.59. The minimum absolute atomic E-state index is 0.0813. The van der Waals surface area contributed by atoms with E-state index in [2.05, 4.69) is 23.3 Å². The number of imidazole rings is 1. The number of nitriles is 1. The van der Waals surface area contributed by atoms with Crippen LogP contribution in [0.15, 0.2) is 85.3 Å². The van der Waals surface area contributed by atoms with Gasteiger partial charge in [-0.05, 0) is 72.0 Å². The number of carbonyl (C=O) groups excluding carboxylic acids is 2. The first kappa shape index (κ1) is 28.6. The van der Waals surface area contributed by atoms with Gasteiger partial charge in [0, 0.05) is 35.2 Å². The molecule has 0 aliphatic heterocycles. The van der Waals surface area contributed by atoms with Gasteiger partial charge in [0.15, 0.2) is 0 Å². The second-order valence-corrected chi connectivity index (χ2v) is 11.0. The molecule has 212 valence electrons. The van der Waals surface area contributed by atoms with E-state index in [1.54, 1.807) is 60.9 Å². The number of amides is 2. The number of anilines is 1. The average Bonchev–Trinajstić information content (AvgIpc) is 3.66. The van der Waals surface area contributed by atoms with Gasteiger partial charge in [-0.2, -0.15) is 5.26 Å². The molecule has 0 bridgehead atoms. The van der Waals surface area contributed by atoms with E-state index in [1.165, 1.54) is 11.3 Å². The summed E-state index contributed by atoms with van der Waals surface area (Å²) in [5, 5.41) is 13.0. The number of aromatic nitrogens is 2. The van der Waals surface area contributed by atoms with Crippen LogP contribution < -0.4 is 15.0 Å². The zero-order valence-electron chi connectivity index (χ0n) is 23.5. The zero-order chi connectivity index (χ0) is 29.5. The van der Waals surface area contributed by atoms with E-state index in [0.717, 1.165) is 34.2 Å². The van der Waals surface area contributed by atoms with Crippen LogP contribution in [0.2, 0.25) is 0 Å². The largest absolute Gasteiger partial charge is 0.497 e. The number of rotatable bonds is 11. The van der Waals surface area contributed by atoms with Crippen LogP contribution in [0.5, 0.6) is 5.75 Å². The Labute approximate surface area is 248 Å². The van der Waals surface area contributed by atoms with Crippen molar-refractivity contribution in [2.45, 2.75) is 32.9 Å². The molecule has 0 saturated heterocycles. The summed E-state index contributed by atoms with van der Waals surface area (Å²) in [4.78, 5) is 33.5. The number of methoxy groups -OCH3 is 1. The molecule has 0 spiro atoms. The van der Waals surface area contributed by atoms with Crippen LogP contribution in [0.25, 0.3) is 10.1 Å². The summed E-state index contributed by atoms with van der Waals surface area (Å²) in [6, 6.07) is 24.4. The minimum atomic E-state index is -0.188. The molecule has 2 amide bonds. The molecule has 5 rings (SSSR count). The number of thiophene rings is 1. The van der Waals surface area contributed by atoms with Crippen molar-refractivity contribution in [3.05, 3.63) is 113 Å². The van der Waals surface area contributed by atoms with Gasteiger partial charge in [-0.1, -0.05) is 31.5 Å². The van der Waals surface area contributed by atoms with E-state index in [-0.39, 0.29) is 18.4 Å². The summed E-state index contributed by atoms with van der Waals surface area (Å²) in [7, 11) is 1.57. The van der Waals surface area contributed by atoms with Gasteiger partial charge in [-0.25, -0.2) is 4.98 Å². The van der Waals surface area contributed by atoms with E-state index in [0.29, 0.717) is 40.5 Å². The van der Waals surface area contributed by atoms with Crippen LogP contribution in [-0.2, 0) is 13.1 Å². The van der Waals surface area contributed by atoms with Crippen LogP contribution in [0.4, 0.5) is 5.69 Å². The highest BCUT2D eigenvalue weighted by molar-refractivity contribution is 7.20. The quantitative estimate of drug-likeness (QED) is 0.183. The smallest absolute Gasteiger partial charge is 0.261 e. The summed E-state index contributed by atoms with van der Waals surface area (Å²) in [6.07, 6.45) is 5.45. The molecular weight excluding hydrogens is 546 g/mol. The van der Waals surface area contributed by atoms with Gasteiger partial charge >= 0.3 is 0 Å². The predicted molar refractivity (Wildman–Crippen MR) is 165 cm³/mol. The molecule has 0 unspecified atom stereocenters. The van der Waals surface area contributed by atoms with Crippen molar-refractivity contribution < 1.29 is 14.3 Å². The third-order valence-corrected chi connectivity index (χ3v) is 8.08. The number of carbonyl (C=O) groups is 2. The number of hydrogen-bond acceptors (Lipinski definition) is 6. The van der Waals surface area contributed by atoms with Crippen LogP contribution in [0.1, 0.15) is 56.6 Å². The van der Waals surface area contributed by atoms with Crippen molar-refractivity contribution in [3.63, 3.8) is 0 Å². The number of fused-ring (bicyclic) bond motifs is 1. The molecule has 0 saturated carbocycles. The Morgan fingerprint density at radius 1 is 1.10 bits per heavy atom. The van der Waals surface area contributed by atoms with Crippen molar-refractivity contribution in [2.75, 3.05) is 18.6 Å². The lowest BCUT2D eigenvalue weighted by Crippen LogP contribution is -2.31.